The molecule has 0 saturated carbocycles. The molecule has 3 rings (SSSR count). The number of piperazine rings is 1. The summed E-state index contributed by atoms with van der Waals surface area (Å²) < 4.78 is 0. The zero-order valence-electron chi connectivity index (χ0n) is 15.2. The molecule has 2 aliphatic rings. The van der Waals surface area contributed by atoms with Gasteiger partial charge in [-0.1, -0.05) is 18.2 Å². The first kappa shape index (κ1) is 18.7. The van der Waals surface area contributed by atoms with Crippen LogP contribution in [0.5, 0.6) is 0 Å². The lowest BCUT2D eigenvalue weighted by Gasteiger charge is -2.43. The Balaban J connectivity index is 1.66. The van der Waals surface area contributed by atoms with Crippen molar-refractivity contribution in [2.45, 2.75) is 29.8 Å². The molecule has 2 aliphatic heterocycles. The number of carboxylic acids is 1. The van der Waals surface area contributed by atoms with Crippen LogP contribution in [-0.2, 0) is 4.79 Å². The molecule has 2 heterocycles. The van der Waals surface area contributed by atoms with Gasteiger partial charge < -0.3 is 10.0 Å². The minimum atomic E-state index is -0.741. The zero-order valence-corrected chi connectivity index (χ0v) is 16.0. The van der Waals surface area contributed by atoms with Crippen LogP contribution in [0.15, 0.2) is 29.2 Å². The normalized spacial score (nSPS) is 22.8. The summed E-state index contributed by atoms with van der Waals surface area (Å²) in [6.07, 6.45) is 4.47. The Bertz CT molecular complexity index is 582. The van der Waals surface area contributed by atoms with E-state index in [9.17, 15) is 9.90 Å². The number of hydrogen-bond donors (Lipinski definition) is 1. The number of hydrogen-bond acceptors (Lipinski definition) is 5. The fourth-order valence-electron chi connectivity index (χ4n) is 4.10. The minimum Gasteiger partial charge on any atom is -0.480 e. The summed E-state index contributed by atoms with van der Waals surface area (Å²) in [6.45, 7) is 5.94. The van der Waals surface area contributed by atoms with Gasteiger partial charge in [0.1, 0.15) is 6.04 Å². The van der Waals surface area contributed by atoms with Crippen LogP contribution in [-0.4, -0.2) is 84.4 Å². The largest absolute Gasteiger partial charge is 0.480 e. The van der Waals surface area contributed by atoms with E-state index in [1.807, 2.05) is 30.5 Å². The minimum absolute atomic E-state index is 0.539. The predicted molar refractivity (Wildman–Crippen MR) is 102 cm³/mol. The van der Waals surface area contributed by atoms with Gasteiger partial charge in [0.25, 0.3) is 0 Å². The van der Waals surface area contributed by atoms with Crippen molar-refractivity contribution in [2.24, 2.45) is 0 Å². The molecule has 2 saturated heterocycles. The second kappa shape index (κ2) is 8.54. The standard InChI is InChI=1S/C19H29N3O2S/c1-20-9-7-15(8-10-20)21-11-13-22(14-12-21)18(19(23)24)16-5-3-4-6-17(16)25-2/h3-6,15,18H,7-14H2,1-2H3,(H,23,24). The highest BCUT2D eigenvalue weighted by molar-refractivity contribution is 7.98. The zero-order chi connectivity index (χ0) is 17.8. The van der Waals surface area contributed by atoms with E-state index >= 15 is 0 Å². The lowest BCUT2D eigenvalue weighted by molar-refractivity contribution is -0.144. The molecule has 1 N–H and O–H groups in total. The predicted octanol–water partition coefficient (Wildman–Crippen LogP) is 2.25. The van der Waals surface area contributed by atoms with Crippen molar-refractivity contribution < 1.29 is 9.90 Å². The van der Waals surface area contributed by atoms with Crippen molar-refractivity contribution in [3.8, 4) is 0 Å². The summed E-state index contributed by atoms with van der Waals surface area (Å²) in [7, 11) is 2.19. The van der Waals surface area contributed by atoms with E-state index in [1.54, 1.807) is 11.8 Å². The molecule has 1 aromatic rings. The van der Waals surface area contributed by atoms with Gasteiger partial charge in [-0.3, -0.25) is 14.6 Å². The molecule has 2 fully saturated rings. The molecule has 1 atom stereocenters. The van der Waals surface area contributed by atoms with Crippen LogP contribution in [0.1, 0.15) is 24.4 Å². The first-order valence-electron chi connectivity index (χ1n) is 9.12. The van der Waals surface area contributed by atoms with E-state index in [2.05, 4.69) is 21.7 Å². The van der Waals surface area contributed by atoms with Crippen LogP contribution in [0.25, 0.3) is 0 Å². The fourth-order valence-corrected chi connectivity index (χ4v) is 4.73. The lowest BCUT2D eigenvalue weighted by Crippen LogP contribution is -2.54. The van der Waals surface area contributed by atoms with Gasteiger partial charge in [-0.05, 0) is 50.9 Å². The third kappa shape index (κ3) is 4.37. The van der Waals surface area contributed by atoms with E-state index < -0.39 is 12.0 Å². The van der Waals surface area contributed by atoms with Crippen molar-refractivity contribution in [2.75, 3.05) is 52.6 Å². The van der Waals surface area contributed by atoms with Gasteiger partial charge in [0.2, 0.25) is 0 Å². The number of aliphatic carboxylic acids is 1. The molecular formula is C19H29N3O2S. The molecule has 25 heavy (non-hydrogen) atoms. The van der Waals surface area contributed by atoms with E-state index in [-0.39, 0.29) is 0 Å². The van der Waals surface area contributed by atoms with Crippen molar-refractivity contribution in [3.63, 3.8) is 0 Å². The Morgan fingerprint density at radius 2 is 1.76 bits per heavy atom. The number of carbonyl (C=O) groups is 1. The van der Waals surface area contributed by atoms with Crippen molar-refractivity contribution >= 4 is 17.7 Å². The monoisotopic (exact) mass is 363 g/mol. The van der Waals surface area contributed by atoms with Crippen molar-refractivity contribution in [3.05, 3.63) is 29.8 Å². The van der Waals surface area contributed by atoms with Gasteiger partial charge in [-0.25, -0.2) is 0 Å². The fraction of sp³-hybridized carbons (Fsp3) is 0.632. The Hall–Kier alpha value is -1.08. The highest BCUT2D eigenvalue weighted by Gasteiger charge is 2.33. The molecule has 5 nitrogen and oxygen atoms in total. The topological polar surface area (TPSA) is 47.0 Å². The third-order valence-corrected chi connectivity index (χ3v) is 6.40. The van der Waals surface area contributed by atoms with Gasteiger partial charge in [-0.15, -0.1) is 11.8 Å². The quantitative estimate of drug-likeness (QED) is 0.810. The summed E-state index contributed by atoms with van der Waals surface area (Å²) in [5.41, 5.74) is 0.926. The Labute approximate surface area is 155 Å². The van der Waals surface area contributed by atoms with Gasteiger partial charge in [0.15, 0.2) is 0 Å². The van der Waals surface area contributed by atoms with E-state index in [0.29, 0.717) is 6.04 Å². The molecule has 1 unspecified atom stereocenters. The Morgan fingerprint density at radius 1 is 1.12 bits per heavy atom. The van der Waals surface area contributed by atoms with Gasteiger partial charge in [0.05, 0.1) is 0 Å². The highest BCUT2D eigenvalue weighted by atomic mass is 32.2. The molecular weight excluding hydrogens is 334 g/mol. The van der Waals surface area contributed by atoms with Gasteiger partial charge in [0, 0.05) is 37.1 Å². The van der Waals surface area contributed by atoms with Crippen molar-refractivity contribution in [1.29, 1.82) is 0 Å². The smallest absolute Gasteiger partial charge is 0.325 e. The number of rotatable bonds is 5. The first-order chi connectivity index (χ1) is 12.1. The lowest BCUT2D eigenvalue weighted by atomic mass is 10.0. The number of thioether (sulfide) groups is 1. The van der Waals surface area contributed by atoms with Gasteiger partial charge >= 0.3 is 5.97 Å². The number of carboxylic acid groups (broad SMARTS) is 1. The highest BCUT2D eigenvalue weighted by Crippen LogP contribution is 2.31. The summed E-state index contributed by atoms with van der Waals surface area (Å²) in [4.78, 5) is 20.2. The summed E-state index contributed by atoms with van der Waals surface area (Å²) in [5, 5.41) is 9.87. The average Bonchev–Trinajstić information content (AvgIpc) is 2.63. The Morgan fingerprint density at radius 3 is 2.36 bits per heavy atom. The van der Waals surface area contributed by atoms with Crippen LogP contribution in [0, 0.1) is 0 Å². The number of piperidine rings is 1. The maximum absolute atomic E-state index is 12.0. The van der Waals surface area contributed by atoms with Crippen LogP contribution in [0.3, 0.4) is 0 Å². The van der Waals surface area contributed by atoms with E-state index in [0.717, 1.165) is 36.6 Å². The molecule has 0 spiro atoms. The summed E-state index contributed by atoms with van der Waals surface area (Å²) >= 11 is 1.62. The maximum atomic E-state index is 12.0. The second-order valence-electron chi connectivity index (χ2n) is 7.09. The van der Waals surface area contributed by atoms with Crippen LogP contribution in [0.2, 0.25) is 0 Å². The molecule has 0 aromatic heterocycles. The summed E-state index contributed by atoms with van der Waals surface area (Å²) in [5.74, 6) is -0.741. The number of nitrogens with zero attached hydrogens (tertiary/aromatic N) is 3. The SMILES string of the molecule is CSc1ccccc1C(C(=O)O)N1CCN(C2CCN(C)CC2)CC1. The van der Waals surface area contributed by atoms with Crippen LogP contribution < -0.4 is 0 Å². The molecule has 1 aromatic carbocycles. The molecule has 0 radical (unpaired) electrons. The van der Waals surface area contributed by atoms with Crippen LogP contribution >= 0.6 is 11.8 Å². The van der Waals surface area contributed by atoms with E-state index in [1.165, 1.54) is 25.9 Å². The van der Waals surface area contributed by atoms with Crippen molar-refractivity contribution in [1.82, 2.24) is 14.7 Å². The number of benzene rings is 1. The molecule has 138 valence electrons. The van der Waals surface area contributed by atoms with Gasteiger partial charge in [-0.2, -0.15) is 0 Å². The Kier molecular flexibility index (Phi) is 6.39. The molecule has 0 amide bonds. The first-order valence-corrected chi connectivity index (χ1v) is 10.3. The second-order valence-corrected chi connectivity index (χ2v) is 7.94. The third-order valence-electron chi connectivity index (χ3n) is 5.59. The number of likely N-dealkylation sites (tertiary alicyclic amines) is 1. The molecule has 6 heteroatoms. The summed E-state index contributed by atoms with van der Waals surface area (Å²) in [6, 6.07) is 8.04. The van der Waals surface area contributed by atoms with E-state index in [4.69, 9.17) is 0 Å². The molecule has 0 bridgehead atoms. The van der Waals surface area contributed by atoms with Crippen LogP contribution in [0.4, 0.5) is 0 Å². The molecule has 0 aliphatic carbocycles. The average molecular weight is 364 g/mol. The maximum Gasteiger partial charge on any atom is 0.325 e.